The van der Waals surface area contributed by atoms with E-state index in [-0.39, 0.29) is 5.97 Å². The second-order valence-corrected chi connectivity index (χ2v) is 4.30. The summed E-state index contributed by atoms with van der Waals surface area (Å²) < 4.78 is 4.96. The number of rotatable bonds is 4. The van der Waals surface area contributed by atoms with Crippen molar-refractivity contribution in [2.24, 2.45) is 5.73 Å². The van der Waals surface area contributed by atoms with Gasteiger partial charge < -0.3 is 20.7 Å². The predicted octanol–water partition coefficient (Wildman–Crippen LogP) is 0.396. The molecule has 1 aromatic heterocycles. The summed E-state index contributed by atoms with van der Waals surface area (Å²) in [6.07, 6.45) is 0.711. The SMILES string of the molecule is CCOC(=O)c1ccc2n[nH]c(CCN)c2c1.O=C(O)C(=O)O. The molecule has 124 valence electrons. The molecule has 0 bridgehead atoms. The van der Waals surface area contributed by atoms with Crippen LogP contribution in [0.2, 0.25) is 0 Å². The summed E-state index contributed by atoms with van der Waals surface area (Å²) in [4.78, 5) is 29.8. The molecule has 0 aliphatic carbocycles. The number of carbonyl (C=O) groups excluding carboxylic acids is 1. The molecule has 0 amide bonds. The molecule has 0 atom stereocenters. The number of ether oxygens (including phenoxy) is 1. The number of aromatic amines is 1. The van der Waals surface area contributed by atoms with Gasteiger partial charge in [0, 0.05) is 17.5 Å². The number of nitrogens with one attached hydrogen (secondary N) is 1. The third-order valence-corrected chi connectivity index (χ3v) is 2.72. The maximum Gasteiger partial charge on any atom is 0.414 e. The smallest absolute Gasteiger partial charge is 0.414 e. The van der Waals surface area contributed by atoms with Gasteiger partial charge in [-0.15, -0.1) is 0 Å². The Kier molecular flexibility index (Phi) is 6.68. The highest BCUT2D eigenvalue weighted by Crippen LogP contribution is 2.18. The van der Waals surface area contributed by atoms with Crippen molar-refractivity contribution in [3.8, 4) is 0 Å². The minimum Gasteiger partial charge on any atom is -0.473 e. The van der Waals surface area contributed by atoms with Crippen LogP contribution in [0.4, 0.5) is 0 Å². The number of benzene rings is 1. The summed E-state index contributed by atoms with van der Waals surface area (Å²) in [7, 11) is 0. The molecular formula is C14H17N3O6. The molecular weight excluding hydrogens is 306 g/mol. The minimum absolute atomic E-state index is 0.311. The van der Waals surface area contributed by atoms with Crippen LogP contribution in [0.1, 0.15) is 23.0 Å². The molecule has 0 saturated carbocycles. The number of esters is 1. The Morgan fingerprint density at radius 1 is 1.26 bits per heavy atom. The molecule has 1 aromatic carbocycles. The fourth-order valence-corrected chi connectivity index (χ4v) is 1.74. The van der Waals surface area contributed by atoms with E-state index >= 15 is 0 Å². The van der Waals surface area contributed by atoms with Gasteiger partial charge >= 0.3 is 17.9 Å². The van der Waals surface area contributed by atoms with E-state index in [4.69, 9.17) is 30.3 Å². The predicted molar refractivity (Wildman–Crippen MR) is 80.1 cm³/mol. The number of hydrogen-bond acceptors (Lipinski definition) is 6. The van der Waals surface area contributed by atoms with Gasteiger partial charge in [0.2, 0.25) is 0 Å². The van der Waals surface area contributed by atoms with E-state index in [1.54, 1.807) is 25.1 Å². The van der Waals surface area contributed by atoms with E-state index in [1.165, 1.54) is 0 Å². The van der Waals surface area contributed by atoms with E-state index in [0.29, 0.717) is 25.1 Å². The number of carboxylic acid groups (broad SMARTS) is 2. The van der Waals surface area contributed by atoms with Crippen LogP contribution in [0.5, 0.6) is 0 Å². The molecule has 0 fully saturated rings. The van der Waals surface area contributed by atoms with E-state index < -0.39 is 11.9 Å². The largest absolute Gasteiger partial charge is 0.473 e. The zero-order valence-corrected chi connectivity index (χ0v) is 12.4. The zero-order valence-electron chi connectivity index (χ0n) is 12.4. The van der Waals surface area contributed by atoms with E-state index in [2.05, 4.69) is 10.2 Å². The first-order valence-corrected chi connectivity index (χ1v) is 6.71. The van der Waals surface area contributed by atoms with Gasteiger partial charge in [-0.1, -0.05) is 0 Å². The summed E-state index contributed by atoms with van der Waals surface area (Å²) in [6.45, 7) is 2.70. The molecule has 5 N–H and O–H groups in total. The molecule has 0 aliphatic heterocycles. The lowest BCUT2D eigenvalue weighted by atomic mass is 10.1. The lowest BCUT2D eigenvalue weighted by molar-refractivity contribution is -0.159. The highest BCUT2D eigenvalue weighted by atomic mass is 16.5. The number of carboxylic acids is 2. The average molecular weight is 323 g/mol. The van der Waals surface area contributed by atoms with Crippen molar-refractivity contribution < 1.29 is 29.3 Å². The Morgan fingerprint density at radius 2 is 1.91 bits per heavy atom. The summed E-state index contributed by atoms with van der Waals surface area (Å²) in [6, 6.07) is 5.31. The summed E-state index contributed by atoms with van der Waals surface area (Å²) in [5.74, 6) is -3.96. The lowest BCUT2D eigenvalue weighted by Crippen LogP contribution is -2.09. The maximum absolute atomic E-state index is 11.6. The van der Waals surface area contributed by atoms with Crippen LogP contribution >= 0.6 is 0 Å². The third kappa shape index (κ3) is 5.08. The number of fused-ring (bicyclic) bond motifs is 1. The van der Waals surface area contributed by atoms with Gasteiger partial charge in [0.1, 0.15) is 0 Å². The molecule has 9 nitrogen and oxygen atoms in total. The van der Waals surface area contributed by atoms with Crippen LogP contribution in [-0.4, -0.2) is 51.5 Å². The van der Waals surface area contributed by atoms with Gasteiger partial charge in [0.25, 0.3) is 0 Å². The lowest BCUT2D eigenvalue weighted by Gasteiger charge is -2.02. The highest BCUT2D eigenvalue weighted by Gasteiger charge is 2.10. The number of nitrogens with zero attached hydrogens (tertiary/aromatic N) is 1. The topological polar surface area (TPSA) is 156 Å². The van der Waals surface area contributed by atoms with Gasteiger partial charge in [0.15, 0.2) is 0 Å². The first kappa shape index (κ1) is 18.1. The van der Waals surface area contributed by atoms with Gasteiger partial charge in [-0.2, -0.15) is 5.10 Å². The molecule has 0 aliphatic rings. The van der Waals surface area contributed by atoms with Gasteiger partial charge in [0.05, 0.1) is 17.7 Å². The van der Waals surface area contributed by atoms with Gasteiger partial charge in [-0.05, 0) is 31.7 Å². The van der Waals surface area contributed by atoms with Crippen molar-refractivity contribution in [3.63, 3.8) is 0 Å². The van der Waals surface area contributed by atoms with E-state index in [0.717, 1.165) is 16.6 Å². The van der Waals surface area contributed by atoms with Crippen molar-refractivity contribution in [2.75, 3.05) is 13.2 Å². The third-order valence-electron chi connectivity index (χ3n) is 2.72. The van der Waals surface area contributed by atoms with Crippen LogP contribution in [-0.2, 0) is 20.7 Å². The van der Waals surface area contributed by atoms with Crippen molar-refractivity contribution in [1.29, 1.82) is 0 Å². The quantitative estimate of drug-likeness (QED) is 0.465. The zero-order chi connectivity index (χ0) is 17.4. The number of aliphatic carboxylic acids is 2. The second-order valence-electron chi connectivity index (χ2n) is 4.30. The Bertz CT molecular complexity index is 698. The molecule has 1 heterocycles. The first-order chi connectivity index (χ1) is 10.9. The Morgan fingerprint density at radius 3 is 2.43 bits per heavy atom. The second kappa shape index (κ2) is 8.49. The fraction of sp³-hybridized carbons (Fsp3) is 0.286. The summed E-state index contributed by atoms with van der Waals surface area (Å²) in [5.41, 5.74) is 7.84. The number of nitrogens with two attached hydrogens (primary N) is 1. The molecule has 9 heteroatoms. The van der Waals surface area contributed by atoms with Gasteiger partial charge in [-0.25, -0.2) is 14.4 Å². The summed E-state index contributed by atoms with van der Waals surface area (Å²) in [5, 5.41) is 22.8. The van der Waals surface area contributed by atoms with Crippen molar-refractivity contribution in [2.45, 2.75) is 13.3 Å². The maximum atomic E-state index is 11.6. The van der Waals surface area contributed by atoms with Crippen molar-refractivity contribution in [3.05, 3.63) is 29.5 Å². The van der Waals surface area contributed by atoms with Crippen molar-refractivity contribution in [1.82, 2.24) is 10.2 Å². The Hall–Kier alpha value is -2.94. The number of H-pyrrole nitrogens is 1. The van der Waals surface area contributed by atoms with E-state index in [1.807, 2.05) is 0 Å². The van der Waals surface area contributed by atoms with Gasteiger partial charge in [-0.3, -0.25) is 5.10 Å². The normalized spacial score (nSPS) is 9.83. The summed E-state index contributed by atoms with van der Waals surface area (Å²) >= 11 is 0. The number of aromatic nitrogens is 2. The highest BCUT2D eigenvalue weighted by molar-refractivity contribution is 6.27. The molecule has 0 saturated heterocycles. The van der Waals surface area contributed by atoms with Crippen LogP contribution in [0.25, 0.3) is 10.9 Å². The molecule has 2 aromatic rings. The molecule has 2 rings (SSSR count). The number of hydrogen-bond donors (Lipinski definition) is 4. The van der Waals surface area contributed by atoms with Crippen LogP contribution in [0.3, 0.4) is 0 Å². The van der Waals surface area contributed by atoms with Crippen LogP contribution in [0.15, 0.2) is 18.2 Å². The average Bonchev–Trinajstić information content (AvgIpc) is 2.91. The number of carbonyl (C=O) groups is 3. The molecule has 0 unspecified atom stereocenters. The first-order valence-electron chi connectivity index (χ1n) is 6.71. The van der Waals surface area contributed by atoms with E-state index in [9.17, 15) is 4.79 Å². The fourth-order valence-electron chi connectivity index (χ4n) is 1.74. The van der Waals surface area contributed by atoms with Crippen LogP contribution in [0, 0.1) is 0 Å². The standard InChI is InChI=1S/C12H15N3O2.C2H2O4/c1-2-17-12(16)8-3-4-10-9(7-8)11(5-6-13)15-14-10;3-1(4)2(5)6/h3-4,7H,2,5-6,13H2,1H3,(H,14,15);(H,3,4)(H,5,6). The monoisotopic (exact) mass is 323 g/mol. The molecule has 0 spiro atoms. The van der Waals surface area contributed by atoms with Crippen LogP contribution < -0.4 is 5.73 Å². The molecule has 23 heavy (non-hydrogen) atoms. The molecule has 0 radical (unpaired) electrons. The Balaban J connectivity index is 0.000000379. The minimum atomic E-state index is -1.82. The Labute approximate surface area is 131 Å². The van der Waals surface area contributed by atoms with Crippen molar-refractivity contribution >= 4 is 28.8 Å².